The van der Waals surface area contributed by atoms with Crippen LogP contribution in [0.5, 0.6) is 0 Å². The Labute approximate surface area is 107 Å². The lowest BCUT2D eigenvalue weighted by atomic mass is 9.85. The number of hydrogen-bond acceptors (Lipinski definition) is 1. The summed E-state index contributed by atoms with van der Waals surface area (Å²) in [7, 11) is 2.09. The van der Waals surface area contributed by atoms with Gasteiger partial charge in [0.1, 0.15) is 0 Å². The molecule has 0 spiro atoms. The van der Waals surface area contributed by atoms with Crippen LogP contribution in [0.1, 0.15) is 51.5 Å². The summed E-state index contributed by atoms with van der Waals surface area (Å²) in [6, 6.07) is 11.4. The molecule has 0 aliphatic heterocycles. The van der Waals surface area contributed by atoms with Gasteiger partial charge in [0.25, 0.3) is 0 Å². The topological polar surface area (TPSA) is 12.0 Å². The highest BCUT2D eigenvalue weighted by atomic mass is 14.9. The minimum absolute atomic E-state index is 0.585. The minimum Gasteiger partial charge on any atom is -0.316 e. The molecule has 1 aromatic carbocycles. The van der Waals surface area contributed by atoms with Crippen molar-refractivity contribution in [2.24, 2.45) is 5.92 Å². The van der Waals surface area contributed by atoms with Crippen molar-refractivity contribution in [3.63, 3.8) is 0 Å². The third-order valence-electron chi connectivity index (χ3n) is 4.04. The van der Waals surface area contributed by atoms with E-state index in [4.69, 9.17) is 0 Å². The SMILES string of the molecule is CCC(CC)CC(NC)C(C)c1ccccc1. The van der Waals surface area contributed by atoms with E-state index in [1.54, 1.807) is 0 Å². The number of rotatable bonds is 7. The Morgan fingerprint density at radius 2 is 1.65 bits per heavy atom. The van der Waals surface area contributed by atoms with Gasteiger partial charge in [-0.05, 0) is 30.9 Å². The van der Waals surface area contributed by atoms with Gasteiger partial charge < -0.3 is 5.32 Å². The molecule has 1 N–H and O–H groups in total. The molecular formula is C16H27N. The Bertz CT molecular complexity index is 290. The van der Waals surface area contributed by atoms with Crippen LogP contribution in [-0.2, 0) is 0 Å². The monoisotopic (exact) mass is 233 g/mol. The van der Waals surface area contributed by atoms with Gasteiger partial charge in [-0.3, -0.25) is 0 Å². The maximum absolute atomic E-state index is 3.50. The first-order valence-electron chi connectivity index (χ1n) is 6.95. The Morgan fingerprint density at radius 1 is 1.06 bits per heavy atom. The van der Waals surface area contributed by atoms with Gasteiger partial charge in [0.2, 0.25) is 0 Å². The Balaban J connectivity index is 2.67. The average molecular weight is 233 g/mol. The summed E-state index contributed by atoms with van der Waals surface area (Å²) in [5, 5.41) is 3.50. The molecule has 0 saturated heterocycles. The van der Waals surface area contributed by atoms with E-state index in [1.807, 2.05) is 0 Å². The van der Waals surface area contributed by atoms with E-state index in [9.17, 15) is 0 Å². The van der Waals surface area contributed by atoms with E-state index in [0.717, 1.165) is 5.92 Å². The van der Waals surface area contributed by atoms with E-state index in [0.29, 0.717) is 12.0 Å². The highest BCUT2D eigenvalue weighted by molar-refractivity contribution is 5.20. The van der Waals surface area contributed by atoms with Crippen LogP contribution in [0.2, 0.25) is 0 Å². The van der Waals surface area contributed by atoms with Gasteiger partial charge in [0.15, 0.2) is 0 Å². The van der Waals surface area contributed by atoms with Crippen molar-refractivity contribution >= 4 is 0 Å². The van der Waals surface area contributed by atoms with E-state index in [-0.39, 0.29) is 0 Å². The summed E-state index contributed by atoms with van der Waals surface area (Å²) in [5.74, 6) is 1.43. The molecule has 0 bridgehead atoms. The molecule has 0 aliphatic rings. The van der Waals surface area contributed by atoms with Crippen LogP contribution in [0.3, 0.4) is 0 Å². The van der Waals surface area contributed by atoms with Crippen molar-refractivity contribution in [1.29, 1.82) is 0 Å². The molecule has 1 nitrogen and oxygen atoms in total. The lowest BCUT2D eigenvalue weighted by Crippen LogP contribution is -2.32. The highest BCUT2D eigenvalue weighted by Crippen LogP contribution is 2.25. The zero-order valence-electron chi connectivity index (χ0n) is 11.7. The molecule has 0 saturated carbocycles. The molecule has 2 unspecified atom stereocenters. The molecule has 0 heterocycles. The maximum Gasteiger partial charge on any atom is 0.0133 e. The normalized spacial score (nSPS) is 14.9. The largest absolute Gasteiger partial charge is 0.316 e. The highest BCUT2D eigenvalue weighted by Gasteiger charge is 2.19. The first-order valence-corrected chi connectivity index (χ1v) is 6.95. The van der Waals surface area contributed by atoms with Crippen LogP contribution >= 0.6 is 0 Å². The zero-order chi connectivity index (χ0) is 12.7. The second-order valence-electron chi connectivity index (χ2n) is 5.01. The summed E-state index contributed by atoms with van der Waals surface area (Å²) in [6.45, 7) is 6.93. The molecule has 0 aliphatic carbocycles. The molecule has 96 valence electrons. The van der Waals surface area contributed by atoms with E-state index in [2.05, 4.69) is 63.5 Å². The number of nitrogens with one attached hydrogen (secondary N) is 1. The Hall–Kier alpha value is -0.820. The predicted octanol–water partition coefficient (Wildman–Crippen LogP) is 4.20. The number of hydrogen-bond donors (Lipinski definition) is 1. The van der Waals surface area contributed by atoms with Crippen LogP contribution in [0, 0.1) is 5.92 Å². The van der Waals surface area contributed by atoms with Crippen LogP contribution in [0.25, 0.3) is 0 Å². The van der Waals surface area contributed by atoms with Gasteiger partial charge in [-0.2, -0.15) is 0 Å². The van der Waals surface area contributed by atoms with Gasteiger partial charge >= 0.3 is 0 Å². The maximum atomic E-state index is 3.50. The average Bonchev–Trinajstić information content (AvgIpc) is 2.40. The fourth-order valence-electron chi connectivity index (χ4n) is 2.54. The first kappa shape index (κ1) is 14.2. The fraction of sp³-hybridized carbons (Fsp3) is 0.625. The zero-order valence-corrected chi connectivity index (χ0v) is 11.7. The summed E-state index contributed by atoms with van der Waals surface area (Å²) >= 11 is 0. The summed E-state index contributed by atoms with van der Waals surface area (Å²) < 4.78 is 0. The second kappa shape index (κ2) is 7.50. The summed E-state index contributed by atoms with van der Waals surface area (Å²) in [4.78, 5) is 0. The van der Waals surface area contributed by atoms with Gasteiger partial charge in [-0.15, -0.1) is 0 Å². The predicted molar refractivity (Wildman–Crippen MR) is 76.4 cm³/mol. The van der Waals surface area contributed by atoms with Gasteiger partial charge in [-0.25, -0.2) is 0 Å². The van der Waals surface area contributed by atoms with Crippen molar-refractivity contribution < 1.29 is 0 Å². The molecule has 0 fully saturated rings. The summed E-state index contributed by atoms with van der Waals surface area (Å²) in [6.07, 6.45) is 3.85. The van der Waals surface area contributed by atoms with Crippen LogP contribution in [0.4, 0.5) is 0 Å². The number of likely N-dealkylation sites (N-methyl/N-ethyl adjacent to an activating group) is 1. The molecule has 17 heavy (non-hydrogen) atoms. The van der Waals surface area contributed by atoms with Crippen molar-refractivity contribution in [2.45, 2.75) is 52.0 Å². The fourth-order valence-corrected chi connectivity index (χ4v) is 2.54. The second-order valence-corrected chi connectivity index (χ2v) is 5.01. The van der Waals surface area contributed by atoms with Gasteiger partial charge in [-0.1, -0.05) is 63.9 Å². The lowest BCUT2D eigenvalue weighted by molar-refractivity contribution is 0.350. The lowest BCUT2D eigenvalue weighted by Gasteiger charge is -2.27. The third kappa shape index (κ3) is 4.16. The van der Waals surface area contributed by atoms with E-state index in [1.165, 1.54) is 24.8 Å². The molecule has 0 amide bonds. The van der Waals surface area contributed by atoms with Gasteiger partial charge in [0.05, 0.1) is 0 Å². The number of benzene rings is 1. The Morgan fingerprint density at radius 3 is 2.12 bits per heavy atom. The van der Waals surface area contributed by atoms with Crippen molar-refractivity contribution in [3.05, 3.63) is 35.9 Å². The molecular weight excluding hydrogens is 206 g/mol. The molecule has 0 aromatic heterocycles. The van der Waals surface area contributed by atoms with Crippen LogP contribution in [0.15, 0.2) is 30.3 Å². The molecule has 1 aromatic rings. The molecule has 1 rings (SSSR count). The quantitative estimate of drug-likeness (QED) is 0.744. The van der Waals surface area contributed by atoms with E-state index < -0.39 is 0 Å². The third-order valence-corrected chi connectivity index (χ3v) is 4.04. The molecule has 1 heteroatoms. The van der Waals surface area contributed by atoms with Gasteiger partial charge in [0, 0.05) is 6.04 Å². The van der Waals surface area contributed by atoms with Crippen LogP contribution < -0.4 is 5.32 Å². The molecule has 0 radical (unpaired) electrons. The van der Waals surface area contributed by atoms with E-state index >= 15 is 0 Å². The van der Waals surface area contributed by atoms with Crippen LogP contribution in [-0.4, -0.2) is 13.1 Å². The molecule has 2 atom stereocenters. The first-order chi connectivity index (χ1) is 8.22. The summed E-state index contributed by atoms with van der Waals surface area (Å²) in [5.41, 5.74) is 1.44. The Kier molecular flexibility index (Phi) is 6.28. The standard InChI is InChI=1S/C16H27N/c1-5-14(6-2)12-16(17-4)13(3)15-10-8-7-9-11-15/h7-11,13-14,16-17H,5-6,12H2,1-4H3. The minimum atomic E-state index is 0.585. The smallest absolute Gasteiger partial charge is 0.0133 e. The van der Waals surface area contributed by atoms with Crippen molar-refractivity contribution in [3.8, 4) is 0 Å². The van der Waals surface area contributed by atoms with Crippen molar-refractivity contribution in [1.82, 2.24) is 5.32 Å². The van der Waals surface area contributed by atoms with Crippen molar-refractivity contribution in [2.75, 3.05) is 7.05 Å².